The fourth-order valence-corrected chi connectivity index (χ4v) is 5.08. The van der Waals surface area contributed by atoms with E-state index in [9.17, 15) is 4.79 Å². The van der Waals surface area contributed by atoms with Crippen LogP contribution in [0.15, 0.2) is 48.8 Å². The van der Waals surface area contributed by atoms with Gasteiger partial charge in [-0.05, 0) is 43.7 Å². The first kappa shape index (κ1) is 23.0. The lowest BCUT2D eigenvalue weighted by atomic mass is 9.99. The van der Waals surface area contributed by atoms with E-state index < -0.39 is 6.17 Å². The van der Waals surface area contributed by atoms with E-state index in [0.29, 0.717) is 35.8 Å². The molecule has 5 N–H and O–H groups in total. The van der Waals surface area contributed by atoms with Crippen LogP contribution in [0.25, 0.3) is 11.2 Å². The van der Waals surface area contributed by atoms with Crippen molar-refractivity contribution in [1.82, 2.24) is 19.9 Å². The molecule has 37 heavy (non-hydrogen) atoms. The predicted octanol–water partition coefficient (Wildman–Crippen LogP) is 2.98. The SMILES string of the molecule is Cc1cccc2c1C(=O)N(c1cccc(N3CCOCC3)c1)C(C(C)Nc1nc(N)nc3nc[nH]c13)N2. The number of amides is 1. The van der Waals surface area contributed by atoms with Crippen LogP contribution in [0.3, 0.4) is 0 Å². The summed E-state index contributed by atoms with van der Waals surface area (Å²) in [6, 6.07) is 13.7. The van der Waals surface area contributed by atoms with Crippen molar-refractivity contribution < 1.29 is 9.53 Å². The number of imidazole rings is 1. The molecule has 4 heterocycles. The quantitative estimate of drug-likeness (QED) is 0.326. The summed E-state index contributed by atoms with van der Waals surface area (Å²) in [6.45, 7) is 6.97. The van der Waals surface area contributed by atoms with Gasteiger partial charge in [-0.25, -0.2) is 4.98 Å². The maximum Gasteiger partial charge on any atom is 0.262 e. The summed E-state index contributed by atoms with van der Waals surface area (Å²) < 4.78 is 5.52. The minimum atomic E-state index is -0.420. The van der Waals surface area contributed by atoms with Crippen LogP contribution in [0.2, 0.25) is 0 Å². The van der Waals surface area contributed by atoms with E-state index in [1.807, 2.05) is 49.1 Å². The van der Waals surface area contributed by atoms with Crippen LogP contribution in [0, 0.1) is 6.92 Å². The van der Waals surface area contributed by atoms with Crippen molar-refractivity contribution in [1.29, 1.82) is 0 Å². The minimum absolute atomic E-state index is 0.0569. The van der Waals surface area contributed by atoms with Crippen molar-refractivity contribution in [2.24, 2.45) is 0 Å². The summed E-state index contributed by atoms with van der Waals surface area (Å²) in [5.41, 5.74) is 11.3. The minimum Gasteiger partial charge on any atom is -0.378 e. The topological polar surface area (TPSA) is 137 Å². The molecule has 190 valence electrons. The first-order chi connectivity index (χ1) is 18.0. The second-order valence-electron chi connectivity index (χ2n) is 9.35. The number of hydrogen-bond acceptors (Lipinski definition) is 9. The first-order valence-corrected chi connectivity index (χ1v) is 12.3. The van der Waals surface area contributed by atoms with Gasteiger partial charge < -0.3 is 31.0 Å². The molecule has 2 unspecified atom stereocenters. The number of carbonyl (C=O) groups is 1. The van der Waals surface area contributed by atoms with Gasteiger partial charge in [-0.1, -0.05) is 18.2 Å². The lowest BCUT2D eigenvalue weighted by molar-refractivity contribution is 0.0972. The third-order valence-corrected chi connectivity index (χ3v) is 6.91. The monoisotopic (exact) mass is 499 g/mol. The Labute approximate surface area is 214 Å². The zero-order valence-corrected chi connectivity index (χ0v) is 20.7. The number of benzene rings is 2. The first-order valence-electron chi connectivity index (χ1n) is 12.3. The van der Waals surface area contributed by atoms with Gasteiger partial charge in [0.05, 0.1) is 31.1 Å². The van der Waals surface area contributed by atoms with E-state index >= 15 is 0 Å². The second-order valence-corrected chi connectivity index (χ2v) is 9.35. The predicted molar refractivity (Wildman–Crippen MR) is 144 cm³/mol. The van der Waals surface area contributed by atoms with Crippen LogP contribution in [-0.2, 0) is 4.74 Å². The normalized spacial score (nSPS) is 18.4. The Morgan fingerprint density at radius 1 is 1.14 bits per heavy atom. The maximum absolute atomic E-state index is 14.1. The number of fused-ring (bicyclic) bond motifs is 2. The summed E-state index contributed by atoms with van der Waals surface area (Å²) in [4.78, 5) is 34.0. The highest BCUT2D eigenvalue weighted by Crippen LogP contribution is 2.35. The van der Waals surface area contributed by atoms with Crippen molar-refractivity contribution in [3.8, 4) is 0 Å². The highest BCUT2D eigenvalue weighted by molar-refractivity contribution is 6.13. The number of aryl methyl sites for hydroxylation is 1. The Kier molecular flexibility index (Phi) is 5.76. The third kappa shape index (κ3) is 4.16. The van der Waals surface area contributed by atoms with Gasteiger partial charge in [0.1, 0.15) is 11.7 Å². The fraction of sp³-hybridized carbons (Fsp3) is 0.308. The molecule has 4 aromatic rings. The molecule has 0 saturated carbocycles. The highest BCUT2D eigenvalue weighted by atomic mass is 16.5. The van der Waals surface area contributed by atoms with Crippen molar-refractivity contribution in [2.45, 2.75) is 26.1 Å². The molecule has 1 saturated heterocycles. The number of rotatable bonds is 5. The number of hydrogen-bond donors (Lipinski definition) is 4. The van der Waals surface area contributed by atoms with E-state index in [1.165, 1.54) is 0 Å². The third-order valence-electron chi connectivity index (χ3n) is 6.91. The van der Waals surface area contributed by atoms with E-state index in [4.69, 9.17) is 10.5 Å². The Bertz CT molecular complexity index is 1460. The van der Waals surface area contributed by atoms with Crippen molar-refractivity contribution in [3.63, 3.8) is 0 Å². The summed E-state index contributed by atoms with van der Waals surface area (Å²) in [5, 5.41) is 7.04. The summed E-state index contributed by atoms with van der Waals surface area (Å²) in [5.74, 6) is 0.593. The molecule has 1 fully saturated rings. The number of aromatic nitrogens is 4. The second kappa shape index (κ2) is 9.25. The lowest BCUT2D eigenvalue weighted by Crippen LogP contribution is -2.56. The van der Waals surface area contributed by atoms with Crippen LogP contribution in [-0.4, -0.2) is 64.4 Å². The Morgan fingerprint density at radius 3 is 2.76 bits per heavy atom. The molecule has 11 nitrogen and oxygen atoms in total. The van der Waals surface area contributed by atoms with Crippen molar-refractivity contribution in [3.05, 3.63) is 59.9 Å². The van der Waals surface area contributed by atoms with Gasteiger partial charge in [-0.15, -0.1) is 0 Å². The van der Waals surface area contributed by atoms with Gasteiger partial charge in [0.2, 0.25) is 5.95 Å². The van der Waals surface area contributed by atoms with Gasteiger partial charge >= 0.3 is 0 Å². The van der Waals surface area contributed by atoms with E-state index in [-0.39, 0.29) is 17.9 Å². The standard InChI is InChI=1S/C26H29N9O2/c1-15-5-3-8-19-20(15)25(36)35(18-7-4-6-17(13-18)34-9-11-37-12-10-34)24(31-19)16(2)30-23-21-22(29-14-28-21)32-26(27)33-23/h3-8,13-14,16,24,31H,9-12H2,1-2H3,(H4,27,28,29,30,32,33). The number of anilines is 5. The molecule has 11 heteroatoms. The molecule has 0 spiro atoms. The van der Waals surface area contributed by atoms with Crippen LogP contribution in [0.1, 0.15) is 22.8 Å². The van der Waals surface area contributed by atoms with Gasteiger partial charge in [0.25, 0.3) is 5.91 Å². The molecular formula is C26H29N9O2. The van der Waals surface area contributed by atoms with Crippen molar-refractivity contribution >= 4 is 45.9 Å². The molecule has 0 aliphatic carbocycles. The number of carbonyl (C=O) groups excluding carboxylic acids is 1. The lowest BCUT2D eigenvalue weighted by Gasteiger charge is -2.42. The molecule has 2 aromatic heterocycles. The molecular weight excluding hydrogens is 470 g/mol. The Hall–Kier alpha value is -4.38. The zero-order chi connectivity index (χ0) is 25.5. The van der Waals surface area contributed by atoms with Crippen LogP contribution in [0.4, 0.5) is 28.8 Å². The average Bonchev–Trinajstić information content (AvgIpc) is 3.38. The Morgan fingerprint density at radius 2 is 1.92 bits per heavy atom. The number of nitrogens with zero attached hydrogens (tertiary/aromatic N) is 5. The molecule has 0 bridgehead atoms. The number of H-pyrrole nitrogens is 1. The summed E-state index contributed by atoms with van der Waals surface area (Å²) in [6.07, 6.45) is 1.13. The van der Waals surface area contributed by atoms with Gasteiger partial charge in [-0.2, -0.15) is 9.97 Å². The number of aromatic amines is 1. The molecule has 2 aliphatic heterocycles. The number of nitrogens with two attached hydrogens (primary N) is 1. The number of morpholine rings is 1. The van der Waals surface area contributed by atoms with Crippen LogP contribution >= 0.6 is 0 Å². The van der Waals surface area contributed by atoms with E-state index in [1.54, 1.807) is 6.33 Å². The fourth-order valence-electron chi connectivity index (χ4n) is 5.08. The number of ether oxygens (including phenoxy) is 1. The van der Waals surface area contributed by atoms with Crippen LogP contribution in [0.5, 0.6) is 0 Å². The number of nitrogens with one attached hydrogen (secondary N) is 3. The average molecular weight is 500 g/mol. The molecule has 2 aromatic carbocycles. The van der Waals surface area contributed by atoms with Crippen LogP contribution < -0.4 is 26.2 Å². The summed E-state index contributed by atoms with van der Waals surface area (Å²) in [7, 11) is 0. The largest absolute Gasteiger partial charge is 0.378 e. The van der Waals surface area contributed by atoms with E-state index in [2.05, 4.69) is 47.6 Å². The molecule has 0 radical (unpaired) electrons. The molecule has 2 aliphatic rings. The Balaban J connectivity index is 1.40. The molecule has 6 rings (SSSR count). The summed E-state index contributed by atoms with van der Waals surface area (Å²) >= 11 is 0. The highest BCUT2D eigenvalue weighted by Gasteiger charge is 2.37. The van der Waals surface area contributed by atoms with Gasteiger partial charge in [0, 0.05) is 30.2 Å². The van der Waals surface area contributed by atoms with Gasteiger partial charge in [-0.3, -0.25) is 9.69 Å². The zero-order valence-electron chi connectivity index (χ0n) is 20.7. The number of nitrogen functional groups attached to an aromatic ring is 1. The van der Waals surface area contributed by atoms with Gasteiger partial charge in [0.15, 0.2) is 11.5 Å². The van der Waals surface area contributed by atoms with Crippen molar-refractivity contribution in [2.75, 3.05) is 52.5 Å². The smallest absolute Gasteiger partial charge is 0.262 e. The molecule has 2 atom stereocenters. The van der Waals surface area contributed by atoms with E-state index in [0.717, 1.165) is 35.7 Å². The maximum atomic E-state index is 14.1. The molecule has 1 amide bonds.